The number of aryl methyl sites for hydroxylation is 1. The summed E-state index contributed by atoms with van der Waals surface area (Å²) in [5.41, 5.74) is 6.96. The number of nitrogens with two attached hydrogens (primary N) is 1. The molecule has 1 atom stereocenters. The normalized spacial score (nSPS) is 19.5. The Morgan fingerprint density at radius 1 is 1.67 bits per heavy atom. The van der Waals surface area contributed by atoms with Gasteiger partial charge in [0.25, 0.3) is 5.91 Å². The van der Waals surface area contributed by atoms with Gasteiger partial charge in [-0.1, -0.05) is 0 Å². The maximum absolute atomic E-state index is 12.2. The van der Waals surface area contributed by atoms with Gasteiger partial charge in [-0.15, -0.1) is 0 Å². The van der Waals surface area contributed by atoms with Crippen LogP contribution in [0, 0.1) is 6.92 Å². The van der Waals surface area contributed by atoms with Crippen molar-refractivity contribution in [1.29, 1.82) is 0 Å². The fraction of sp³-hybridized carbons (Fsp3) is 0.667. The van der Waals surface area contributed by atoms with E-state index in [0.29, 0.717) is 31.6 Å². The number of hydrogen-bond acceptors (Lipinski definition) is 4. The predicted octanol–water partition coefficient (Wildman–Crippen LogP) is -0.253. The molecule has 6 nitrogen and oxygen atoms in total. The number of amides is 1. The lowest BCUT2D eigenvalue weighted by Gasteiger charge is -2.15. The number of aromatic nitrogens is 2. The van der Waals surface area contributed by atoms with Crippen LogP contribution in [0.25, 0.3) is 0 Å². The molecule has 2 rings (SSSR count). The fourth-order valence-corrected chi connectivity index (χ4v) is 2.22. The molecule has 1 aliphatic heterocycles. The van der Waals surface area contributed by atoms with Crippen LogP contribution in [-0.2, 0) is 6.54 Å². The Balaban J connectivity index is 2.08. The zero-order chi connectivity index (χ0) is 13.1. The molecule has 3 N–H and O–H groups in total. The van der Waals surface area contributed by atoms with Gasteiger partial charge in [-0.3, -0.25) is 9.48 Å². The van der Waals surface area contributed by atoms with E-state index in [1.54, 1.807) is 11.1 Å². The Hall–Kier alpha value is -1.40. The number of rotatable bonds is 4. The van der Waals surface area contributed by atoms with Crippen molar-refractivity contribution in [3.05, 3.63) is 17.5 Å². The average molecular weight is 252 g/mol. The lowest BCUT2D eigenvalue weighted by atomic mass is 10.2. The molecule has 1 aromatic rings. The highest BCUT2D eigenvalue weighted by Gasteiger charge is 2.27. The number of carbonyl (C=O) groups excluding carboxylic acids is 1. The molecule has 6 heteroatoms. The van der Waals surface area contributed by atoms with Crippen LogP contribution < -0.4 is 5.73 Å². The Morgan fingerprint density at radius 2 is 2.44 bits per heavy atom. The SMILES string of the molecule is Cc1c(C(=O)N2CCC(O)C2)cnn1CCCN. The zero-order valence-corrected chi connectivity index (χ0v) is 10.7. The quantitative estimate of drug-likeness (QED) is 0.773. The summed E-state index contributed by atoms with van der Waals surface area (Å²) in [5.74, 6) is -0.0388. The third-order valence-corrected chi connectivity index (χ3v) is 3.36. The molecule has 1 unspecified atom stereocenters. The molecule has 0 spiro atoms. The van der Waals surface area contributed by atoms with Crippen LogP contribution in [0.5, 0.6) is 0 Å². The molecule has 1 aliphatic rings. The van der Waals surface area contributed by atoms with E-state index < -0.39 is 0 Å². The Bertz CT molecular complexity index is 430. The van der Waals surface area contributed by atoms with E-state index in [4.69, 9.17) is 5.73 Å². The predicted molar refractivity (Wildman–Crippen MR) is 67.2 cm³/mol. The minimum Gasteiger partial charge on any atom is -0.391 e. The lowest BCUT2D eigenvalue weighted by Crippen LogP contribution is -2.29. The minimum absolute atomic E-state index is 0.0388. The summed E-state index contributed by atoms with van der Waals surface area (Å²) in [5, 5.41) is 13.7. The van der Waals surface area contributed by atoms with Crippen LogP contribution in [-0.4, -0.2) is 51.4 Å². The molecule has 0 saturated carbocycles. The topological polar surface area (TPSA) is 84.4 Å². The van der Waals surface area contributed by atoms with E-state index in [1.165, 1.54) is 0 Å². The lowest BCUT2D eigenvalue weighted by molar-refractivity contribution is 0.0764. The first-order valence-electron chi connectivity index (χ1n) is 6.33. The molecular formula is C12H20N4O2. The molecule has 100 valence electrons. The van der Waals surface area contributed by atoms with Gasteiger partial charge in [-0.2, -0.15) is 5.10 Å². The molecule has 0 bridgehead atoms. The van der Waals surface area contributed by atoms with E-state index >= 15 is 0 Å². The molecular weight excluding hydrogens is 232 g/mol. The van der Waals surface area contributed by atoms with Crippen molar-refractivity contribution in [1.82, 2.24) is 14.7 Å². The van der Waals surface area contributed by atoms with Crippen LogP contribution >= 0.6 is 0 Å². The zero-order valence-electron chi connectivity index (χ0n) is 10.7. The van der Waals surface area contributed by atoms with Gasteiger partial charge < -0.3 is 15.7 Å². The Labute approximate surface area is 106 Å². The standard InChI is InChI=1S/C12H20N4O2/c1-9-11(7-14-16(9)5-2-4-13)12(18)15-6-3-10(17)8-15/h7,10,17H,2-6,8,13H2,1H3. The summed E-state index contributed by atoms with van der Waals surface area (Å²) in [6.07, 6.45) is 2.73. The first-order chi connectivity index (χ1) is 8.63. The highest BCUT2D eigenvalue weighted by molar-refractivity contribution is 5.95. The fourth-order valence-electron chi connectivity index (χ4n) is 2.22. The summed E-state index contributed by atoms with van der Waals surface area (Å²) >= 11 is 0. The highest BCUT2D eigenvalue weighted by Crippen LogP contribution is 2.16. The van der Waals surface area contributed by atoms with Gasteiger partial charge >= 0.3 is 0 Å². The van der Waals surface area contributed by atoms with Gasteiger partial charge in [0.15, 0.2) is 0 Å². The van der Waals surface area contributed by atoms with E-state index in [-0.39, 0.29) is 12.0 Å². The molecule has 1 aromatic heterocycles. The van der Waals surface area contributed by atoms with Gasteiger partial charge in [0.1, 0.15) is 0 Å². The van der Waals surface area contributed by atoms with Crippen molar-refractivity contribution in [3.63, 3.8) is 0 Å². The molecule has 1 saturated heterocycles. The van der Waals surface area contributed by atoms with Crippen LogP contribution in [0.2, 0.25) is 0 Å². The van der Waals surface area contributed by atoms with Crippen molar-refractivity contribution < 1.29 is 9.90 Å². The third-order valence-electron chi connectivity index (χ3n) is 3.36. The second kappa shape index (κ2) is 5.49. The third kappa shape index (κ3) is 2.54. The molecule has 1 fully saturated rings. The maximum atomic E-state index is 12.2. The molecule has 18 heavy (non-hydrogen) atoms. The number of aliphatic hydroxyl groups excluding tert-OH is 1. The summed E-state index contributed by atoms with van der Waals surface area (Å²) in [6.45, 7) is 4.28. The monoisotopic (exact) mass is 252 g/mol. The summed E-state index contributed by atoms with van der Waals surface area (Å²) < 4.78 is 1.81. The van der Waals surface area contributed by atoms with E-state index in [2.05, 4.69) is 5.10 Å². The number of nitrogens with zero attached hydrogens (tertiary/aromatic N) is 3. The number of β-amino-alcohol motifs (C(OH)–C–C–N with tert-alkyl or cyclic N) is 1. The maximum Gasteiger partial charge on any atom is 0.257 e. The van der Waals surface area contributed by atoms with Crippen LogP contribution in [0.3, 0.4) is 0 Å². The second-order valence-electron chi connectivity index (χ2n) is 4.70. The van der Waals surface area contributed by atoms with E-state index in [9.17, 15) is 9.90 Å². The smallest absolute Gasteiger partial charge is 0.257 e. The molecule has 1 amide bonds. The van der Waals surface area contributed by atoms with Gasteiger partial charge in [-0.25, -0.2) is 0 Å². The van der Waals surface area contributed by atoms with Crippen molar-refractivity contribution in [2.24, 2.45) is 5.73 Å². The molecule has 0 aromatic carbocycles. The molecule has 0 radical (unpaired) electrons. The van der Waals surface area contributed by atoms with Crippen molar-refractivity contribution >= 4 is 5.91 Å². The molecule has 0 aliphatic carbocycles. The van der Waals surface area contributed by atoms with Crippen molar-refractivity contribution in [3.8, 4) is 0 Å². The summed E-state index contributed by atoms with van der Waals surface area (Å²) in [6, 6.07) is 0. The summed E-state index contributed by atoms with van der Waals surface area (Å²) in [7, 11) is 0. The summed E-state index contributed by atoms with van der Waals surface area (Å²) in [4.78, 5) is 13.9. The van der Waals surface area contributed by atoms with Crippen molar-refractivity contribution in [2.45, 2.75) is 32.4 Å². The largest absolute Gasteiger partial charge is 0.391 e. The van der Waals surface area contributed by atoms with E-state index in [0.717, 1.165) is 18.7 Å². The van der Waals surface area contributed by atoms with Gasteiger partial charge in [0.05, 0.1) is 17.9 Å². The highest BCUT2D eigenvalue weighted by atomic mass is 16.3. The first-order valence-corrected chi connectivity index (χ1v) is 6.33. The average Bonchev–Trinajstić information content (AvgIpc) is 2.93. The van der Waals surface area contributed by atoms with Crippen LogP contribution in [0.1, 0.15) is 28.9 Å². The van der Waals surface area contributed by atoms with Gasteiger partial charge in [0, 0.05) is 25.3 Å². The van der Waals surface area contributed by atoms with E-state index in [1.807, 2.05) is 11.6 Å². The van der Waals surface area contributed by atoms with Crippen LogP contribution in [0.15, 0.2) is 6.20 Å². The number of likely N-dealkylation sites (tertiary alicyclic amines) is 1. The number of hydrogen-bond donors (Lipinski definition) is 2. The second-order valence-corrected chi connectivity index (χ2v) is 4.70. The van der Waals surface area contributed by atoms with Crippen LogP contribution in [0.4, 0.5) is 0 Å². The Kier molecular flexibility index (Phi) is 3.98. The molecule has 2 heterocycles. The van der Waals surface area contributed by atoms with Gasteiger partial charge in [0.2, 0.25) is 0 Å². The number of carbonyl (C=O) groups is 1. The van der Waals surface area contributed by atoms with Crippen molar-refractivity contribution in [2.75, 3.05) is 19.6 Å². The first kappa shape index (κ1) is 13.0. The minimum atomic E-state index is -0.387. The number of aliphatic hydroxyl groups is 1. The van der Waals surface area contributed by atoms with Gasteiger partial charge in [-0.05, 0) is 26.3 Å². The Morgan fingerprint density at radius 3 is 3.06 bits per heavy atom.